The zero-order valence-corrected chi connectivity index (χ0v) is 13.2. The first-order valence-electron chi connectivity index (χ1n) is 7.74. The summed E-state index contributed by atoms with van der Waals surface area (Å²) < 4.78 is 0. The molecule has 1 aliphatic heterocycles. The third-order valence-corrected chi connectivity index (χ3v) is 4.09. The summed E-state index contributed by atoms with van der Waals surface area (Å²) in [5.41, 5.74) is 6.95. The predicted molar refractivity (Wildman–Crippen MR) is 85.6 cm³/mol. The molecule has 0 radical (unpaired) electrons. The summed E-state index contributed by atoms with van der Waals surface area (Å²) >= 11 is 0. The number of piperidine rings is 1. The van der Waals surface area contributed by atoms with E-state index in [9.17, 15) is 4.79 Å². The maximum absolute atomic E-state index is 11.7. The fourth-order valence-electron chi connectivity index (χ4n) is 2.84. The van der Waals surface area contributed by atoms with Crippen LogP contribution in [0.3, 0.4) is 0 Å². The Balaban J connectivity index is 2.28. The number of primary amides is 1. The Labute approximate surface area is 126 Å². The summed E-state index contributed by atoms with van der Waals surface area (Å²) in [7, 11) is 0. The Morgan fingerprint density at radius 3 is 2.67 bits per heavy atom. The second kappa shape index (κ2) is 6.89. The van der Waals surface area contributed by atoms with Crippen LogP contribution >= 0.6 is 0 Å². The van der Waals surface area contributed by atoms with Crippen molar-refractivity contribution in [1.29, 1.82) is 0 Å². The molecule has 0 spiro atoms. The lowest BCUT2D eigenvalue weighted by molar-refractivity contribution is 0.100. The molecule has 1 fully saturated rings. The molecule has 116 valence electrons. The lowest BCUT2D eigenvalue weighted by Gasteiger charge is -2.34. The minimum atomic E-state index is -0.409. The molecule has 1 aromatic rings. The average molecular weight is 290 g/mol. The van der Waals surface area contributed by atoms with Crippen molar-refractivity contribution in [2.45, 2.75) is 39.7 Å². The SMILES string of the molecule is Cc1ccc(C(N)=O)c(N(CC2CCNCC2)C(C)C)n1. The van der Waals surface area contributed by atoms with E-state index in [0.29, 0.717) is 11.5 Å². The van der Waals surface area contributed by atoms with Crippen molar-refractivity contribution in [3.05, 3.63) is 23.4 Å². The molecule has 0 atom stereocenters. The van der Waals surface area contributed by atoms with Gasteiger partial charge in [-0.1, -0.05) is 0 Å². The van der Waals surface area contributed by atoms with E-state index < -0.39 is 5.91 Å². The maximum Gasteiger partial charge on any atom is 0.252 e. The Kier molecular flexibility index (Phi) is 5.17. The third-order valence-electron chi connectivity index (χ3n) is 4.09. The highest BCUT2D eigenvalue weighted by Crippen LogP contribution is 2.24. The lowest BCUT2D eigenvalue weighted by atomic mass is 9.96. The molecule has 0 aromatic carbocycles. The number of rotatable bonds is 5. The second-order valence-corrected chi connectivity index (χ2v) is 6.13. The van der Waals surface area contributed by atoms with Crippen LogP contribution in [0.4, 0.5) is 5.82 Å². The first-order valence-corrected chi connectivity index (χ1v) is 7.74. The summed E-state index contributed by atoms with van der Waals surface area (Å²) in [5, 5.41) is 3.39. The molecule has 5 heteroatoms. The summed E-state index contributed by atoms with van der Waals surface area (Å²) in [6.45, 7) is 9.28. The summed E-state index contributed by atoms with van der Waals surface area (Å²) in [4.78, 5) is 18.5. The van der Waals surface area contributed by atoms with Crippen LogP contribution in [0.25, 0.3) is 0 Å². The molecule has 5 nitrogen and oxygen atoms in total. The number of anilines is 1. The highest BCUT2D eigenvalue weighted by molar-refractivity contribution is 5.97. The molecule has 1 amide bonds. The van der Waals surface area contributed by atoms with Gasteiger partial charge in [-0.3, -0.25) is 4.79 Å². The number of nitrogens with two attached hydrogens (primary N) is 1. The van der Waals surface area contributed by atoms with E-state index in [1.807, 2.05) is 13.0 Å². The number of aromatic nitrogens is 1. The molecule has 0 bridgehead atoms. The van der Waals surface area contributed by atoms with Crippen molar-refractivity contribution >= 4 is 11.7 Å². The maximum atomic E-state index is 11.7. The van der Waals surface area contributed by atoms with Crippen LogP contribution in [0.2, 0.25) is 0 Å². The van der Waals surface area contributed by atoms with E-state index in [1.54, 1.807) is 6.07 Å². The molecule has 1 saturated heterocycles. The highest BCUT2D eigenvalue weighted by Gasteiger charge is 2.23. The van der Waals surface area contributed by atoms with Gasteiger partial charge >= 0.3 is 0 Å². The van der Waals surface area contributed by atoms with Gasteiger partial charge in [0.2, 0.25) is 0 Å². The number of carbonyl (C=O) groups is 1. The Morgan fingerprint density at radius 1 is 1.43 bits per heavy atom. The zero-order valence-electron chi connectivity index (χ0n) is 13.2. The van der Waals surface area contributed by atoms with Crippen LogP contribution in [-0.2, 0) is 0 Å². The van der Waals surface area contributed by atoms with Gasteiger partial charge in [0.25, 0.3) is 5.91 Å². The van der Waals surface area contributed by atoms with Gasteiger partial charge in [0, 0.05) is 18.3 Å². The molecule has 2 heterocycles. The van der Waals surface area contributed by atoms with Crippen molar-refractivity contribution < 1.29 is 4.79 Å². The summed E-state index contributed by atoms with van der Waals surface area (Å²) in [6, 6.07) is 3.91. The zero-order chi connectivity index (χ0) is 15.4. The molecular formula is C16H26N4O. The molecule has 21 heavy (non-hydrogen) atoms. The van der Waals surface area contributed by atoms with Crippen LogP contribution < -0.4 is 16.0 Å². The largest absolute Gasteiger partial charge is 0.365 e. The van der Waals surface area contributed by atoms with Crippen LogP contribution in [-0.4, -0.2) is 36.6 Å². The van der Waals surface area contributed by atoms with Gasteiger partial charge in [-0.15, -0.1) is 0 Å². The number of hydrogen-bond acceptors (Lipinski definition) is 4. The van der Waals surface area contributed by atoms with E-state index in [4.69, 9.17) is 5.73 Å². The predicted octanol–water partition coefficient (Wildman–Crippen LogP) is 1.70. The molecule has 3 N–H and O–H groups in total. The molecular weight excluding hydrogens is 264 g/mol. The lowest BCUT2D eigenvalue weighted by Crippen LogP contribution is -2.41. The third kappa shape index (κ3) is 3.94. The van der Waals surface area contributed by atoms with Gasteiger partial charge in [-0.25, -0.2) is 4.98 Å². The number of amides is 1. The average Bonchev–Trinajstić information content (AvgIpc) is 2.45. The molecule has 0 unspecified atom stereocenters. The highest BCUT2D eigenvalue weighted by atomic mass is 16.1. The van der Waals surface area contributed by atoms with Gasteiger partial charge in [0.1, 0.15) is 5.82 Å². The van der Waals surface area contributed by atoms with E-state index >= 15 is 0 Å². The molecule has 0 aliphatic carbocycles. The van der Waals surface area contributed by atoms with Crippen molar-refractivity contribution in [3.8, 4) is 0 Å². The number of aryl methyl sites for hydroxylation is 1. The second-order valence-electron chi connectivity index (χ2n) is 6.13. The minimum absolute atomic E-state index is 0.285. The number of nitrogens with one attached hydrogen (secondary N) is 1. The smallest absolute Gasteiger partial charge is 0.252 e. The Hall–Kier alpha value is -1.62. The van der Waals surface area contributed by atoms with Crippen LogP contribution in [0, 0.1) is 12.8 Å². The molecule has 1 aromatic heterocycles. The van der Waals surface area contributed by atoms with Gasteiger partial charge in [-0.2, -0.15) is 0 Å². The minimum Gasteiger partial charge on any atom is -0.365 e. The van der Waals surface area contributed by atoms with Gasteiger partial charge < -0.3 is 16.0 Å². The first-order chi connectivity index (χ1) is 9.99. The summed E-state index contributed by atoms with van der Waals surface area (Å²) in [6.07, 6.45) is 2.34. The van der Waals surface area contributed by atoms with E-state index in [-0.39, 0.29) is 6.04 Å². The van der Waals surface area contributed by atoms with Crippen molar-refractivity contribution in [1.82, 2.24) is 10.3 Å². The number of carbonyl (C=O) groups excluding carboxylic acids is 1. The first kappa shape index (κ1) is 15.8. The normalized spacial score (nSPS) is 16.2. The van der Waals surface area contributed by atoms with Gasteiger partial charge in [-0.05, 0) is 64.8 Å². The number of pyridine rings is 1. The number of hydrogen-bond donors (Lipinski definition) is 2. The van der Waals surface area contributed by atoms with Crippen molar-refractivity contribution in [2.75, 3.05) is 24.5 Å². The fourth-order valence-corrected chi connectivity index (χ4v) is 2.84. The van der Waals surface area contributed by atoms with Crippen LogP contribution in [0.1, 0.15) is 42.7 Å². The Bertz CT molecular complexity index is 495. The van der Waals surface area contributed by atoms with Crippen molar-refractivity contribution in [2.24, 2.45) is 11.7 Å². The number of nitrogens with zero attached hydrogens (tertiary/aromatic N) is 2. The van der Waals surface area contributed by atoms with Gasteiger partial charge in [0.05, 0.1) is 5.56 Å². The summed E-state index contributed by atoms with van der Waals surface area (Å²) in [5.74, 6) is 0.959. The monoisotopic (exact) mass is 290 g/mol. The van der Waals surface area contributed by atoms with E-state index in [0.717, 1.165) is 31.1 Å². The van der Waals surface area contributed by atoms with Crippen molar-refractivity contribution in [3.63, 3.8) is 0 Å². The van der Waals surface area contributed by atoms with E-state index in [1.165, 1.54) is 12.8 Å². The topological polar surface area (TPSA) is 71.2 Å². The molecule has 1 aliphatic rings. The Morgan fingerprint density at radius 2 is 2.10 bits per heavy atom. The van der Waals surface area contributed by atoms with E-state index in [2.05, 4.69) is 29.0 Å². The molecule has 2 rings (SSSR count). The van der Waals surface area contributed by atoms with Crippen LogP contribution in [0.5, 0.6) is 0 Å². The van der Waals surface area contributed by atoms with Gasteiger partial charge in [0.15, 0.2) is 0 Å². The molecule has 0 saturated carbocycles. The fraction of sp³-hybridized carbons (Fsp3) is 0.625. The van der Waals surface area contributed by atoms with Crippen LogP contribution in [0.15, 0.2) is 12.1 Å². The quantitative estimate of drug-likeness (QED) is 0.866. The standard InChI is InChI=1S/C16H26N4O/c1-11(2)20(10-13-6-8-18-9-7-13)16-14(15(17)21)5-4-12(3)19-16/h4-5,11,13,18H,6-10H2,1-3H3,(H2,17,21).